The van der Waals surface area contributed by atoms with Crippen LogP contribution in [0.2, 0.25) is 0 Å². The highest BCUT2D eigenvalue weighted by Gasteiger charge is 2.27. The topological polar surface area (TPSA) is 86.4 Å². The summed E-state index contributed by atoms with van der Waals surface area (Å²) in [6, 6.07) is 11.7. The first-order valence-corrected chi connectivity index (χ1v) is 11.7. The van der Waals surface area contributed by atoms with Gasteiger partial charge >= 0.3 is 11.8 Å². The van der Waals surface area contributed by atoms with Gasteiger partial charge in [0.2, 0.25) is 6.79 Å². The minimum absolute atomic E-state index is 0.00667. The fraction of sp³-hybridized carbons (Fsp3) is 0.440. The Morgan fingerprint density at radius 1 is 0.941 bits per heavy atom. The number of amides is 2. The van der Waals surface area contributed by atoms with Crippen molar-refractivity contribution in [3.05, 3.63) is 47.5 Å². The van der Waals surface area contributed by atoms with E-state index < -0.39 is 11.8 Å². The van der Waals surface area contributed by atoms with Crippen LogP contribution in [0, 0.1) is 0 Å². The van der Waals surface area contributed by atoms with E-state index in [9.17, 15) is 9.59 Å². The van der Waals surface area contributed by atoms with Gasteiger partial charge in [0.1, 0.15) is 0 Å². The molecule has 0 aromatic heterocycles. The van der Waals surface area contributed by atoms with Crippen molar-refractivity contribution < 1.29 is 19.1 Å². The minimum Gasteiger partial charge on any atom is -0.454 e. The van der Waals surface area contributed by atoms with E-state index in [1.807, 2.05) is 0 Å². The molecule has 2 aromatic carbocycles. The molecular weight excluding hydrogens is 434 g/mol. The van der Waals surface area contributed by atoms with Crippen LogP contribution in [0.25, 0.3) is 0 Å². The van der Waals surface area contributed by atoms with Crippen molar-refractivity contribution in [2.75, 3.05) is 70.4 Å². The van der Waals surface area contributed by atoms with E-state index in [0.29, 0.717) is 23.7 Å². The van der Waals surface area contributed by atoms with Crippen LogP contribution in [0.1, 0.15) is 17.2 Å². The van der Waals surface area contributed by atoms with Crippen molar-refractivity contribution in [1.82, 2.24) is 15.1 Å². The zero-order valence-electron chi connectivity index (χ0n) is 19.7. The summed E-state index contributed by atoms with van der Waals surface area (Å²) in [4.78, 5) is 32.2. The van der Waals surface area contributed by atoms with Gasteiger partial charge in [-0.05, 0) is 42.8 Å². The second-order valence-corrected chi connectivity index (χ2v) is 9.15. The molecule has 0 saturated carbocycles. The molecule has 34 heavy (non-hydrogen) atoms. The second kappa shape index (κ2) is 9.52. The smallest absolute Gasteiger partial charge is 0.313 e. The summed E-state index contributed by atoms with van der Waals surface area (Å²) >= 11 is 0. The van der Waals surface area contributed by atoms with E-state index >= 15 is 0 Å². The first kappa shape index (κ1) is 22.5. The molecule has 3 heterocycles. The predicted octanol–water partition coefficient (Wildman–Crippen LogP) is 1.45. The van der Waals surface area contributed by atoms with Gasteiger partial charge in [-0.15, -0.1) is 0 Å². The highest BCUT2D eigenvalue weighted by atomic mass is 16.7. The Hall–Kier alpha value is -3.30. The predicted molar refractivity (Wildman–Crippen MR) is 129 cm³/mol. The lowest BCUT2D eigenvalue weighted by atomic mass is 10.00. The van der Waals surface area contributed by atoms with Gasteiger partial charge in [0.25, 0.3) is 0 Å². The molecule has 180 valence electrons. The van der Waals surface area contributed by atoms with E-state index in [1.165, 1.54) is 16.8 Å². The van der Waals surface area contributed by atoms with Gasteiger partial charge in [0, 0.05) is 63.8 Å². The van der Waals surface area contributed by atoms with Crippen LogP contribution in [-0.2, 0) is 16.0 Å². The lowest BCUT2D eigenvalue weighted by molar-refractivity contribution is -0.136. The third-order valence-corrected chi connectivity index (χ3v) is 6.89. The van der Waals surface area contributed by atoms with Gasteiger partial charge in [-0.1, -0.05) is 12.1 Å². The molecule has 3 aliphatic heterocycles. The number of likely N-dealkylation sites (N-methyl/N-ethyl adjacent to an activating group) is 2. The molecule has 3 aliphatic rings. The molecule has 0 aliphatic carbocycles. The quantitative estimate of drug-likeness (QED) is 0.647. The maximum absolute atomic E-state index is 12.7. The number of hydrogen-bond donors (Lipinski definition) is 2. The number of anilines is 2. The monoisotopic (exact) mass is 465 g/mol. The second-order valence-electron chi connectivity index (χ2n) is 9.15. The summed E-state index contributed by atoms with van der Waals surface area (Å²) in [5.74, 6) is -0.183. The van der Waals surface area contributed by atoms with Crippen molar-refractivity contribution in [3.63, 3.8) is 0 Å². The van der Waals surface area contributed by atoms with Crippen LogP contribution in [0.4, 0.5) is 11.4 Å². The number of carbonyl (C=O) groups excluding carboxylic acids is 2. The standard InChI is InChI=1S/C25H31N5O4/c1-28-9-11-30(12-10-28)21(17-3-5-20-18(13-17)7-8-29(20)2)15-26-24(31)25(32)27-19-4-6-22-23(14-19)34-16-33-22/h3-6,13-14,21H,7-12,15-16H2,1-2H3,(H,26,31)(H,27,32)/t21-/m0/s1. The van der Waals surface area contributed by atoms with Gasteiger partial charge in [-0.25, -0.2) is 0 Å². The van der Waals surface area contributed by atoms with Crippen molar-refractivity contribution in [2.24, 2.45) is 0 Å². The highest BCUT2D eigenvalue weighted by molar-refractivity contribution is 6.39. The average molecular weight is 466 g/mol. The molecule has 0 unspecified atom stereocenters. The third-order valence-electron chi connectivity index (χ3n) is 6.89. The number of benzene rings is 2. The van der Waals surface area contributed by atoms with E-state index in [2.05, 4.69) is 57.6 Å². The Balaban J connectivity index is 1.26. The molecule has 0 bridgehead atoms. The van der Waals surface area contributed by atoms with Crippen molar-refractivity contribution in [2.45, 2.75) is 12.5 Å². The molecule has 1 fully saturated rings. The number of fused-ring (bicyclic) bond motifs is 2. The molecule has 5 rings (SSSR count). The first-order chi connectivity index (χ1) is 16.5. The molecule has 0 spiro atoms. The largest absolute Gasteiger partial charge is 0.454 e. The Morgan fingerprint density at radius 2 is 1.74 bits per heavy atom. The normalized spacial score (nSPS) is 18.5. The number of nitrogens with zero attached hydrogens (tertiary/aromatic N) is 3. The van der Waals surface area contributed by atoms with Crippen LogP contribution >= 0.6 is 0 Å². The SMILES string of the molecule is CN1CCN([C@@H](CNC(=O)C(=O)Nc2ccc3c(c2)OCO3)c2ccc3c(c2)CCN3C)CC1. The number of hydrogen-bond acceptors (Lipinski definition) is 7. The molecule has 1 atom stereocenters. The van der Waals surface area contributed by atoms with Gasteiger partial charge in [0.15, 0.2) is 11.5 Å². The van der Waals surface area contributed by atoms with Crippen LogP contribution in [-0.4, -0.2) is 81.8 Å². The highest BCUT2D eigenvalue weighted by Crippen LogP contribution is 2.34. The summed E-state index contributed by atoms with van der Waals surface area (Å²) in [5.41, 5.74) is 4.27. The van der Waals surface area contributed by atoms with Crippen LogP contribution in [0.3, 0.4) is 0 Å². The third kappa shape index (κ3) is 4.67. The molecule has 2 aromatic rings. The van der Waals surface area contributed by atoms with Crippen LogP contribution in [0.15, 0.2) is 36.4 Å². The molecule has 1 saturated heterocycles. The molecule has 9 nitrogen and oxygen atoms in total. The summed E-state index contributed by atoms with van der Waals surface area (Å²) in [7, 11) is 4.24. The Bertz CT molecular complexity index is 1080. The molecular formula is C25H31N5O4. The number of nitrogens with one attached hydrogen (secondary N) is 2. The summed E-state index contributed by atoms with van der Waals surface area (Å²) in [5, 5.41) is 5.51. The van der Waals surface area contributed by atoms with E-state index in [1.54, 1.807) is 18.2 Å². The maximum atomic E-state index is 12.7. The van der Waals surface area contributed by atoms with Gasteiger partial charge in [-0.2, -0.15) is 0 Å². The van der Waals surface area contributed by atoms with Crippen molar-refractivity contribution >= 4 is 23.2 Å². The molecule has 0 radical (unpaired) electrons. The summed E-state index contributed by atoms with van der Waals surface area (Å²) in [6.45, 7) is 5.32. The average Bonchev–Trinajstić information content (AvgIpc) is 3.46. The zero-order valence-corrected chi connectivity index (χ0v) is 19.7. The number of piperazine rings is 1. The first-order valence-electron chi connectivity index (χ1n) is 11.7. The Labute approximate surface area is 199 Å². The van der Waals surface area contributed by atoms with E-state index in [4.69, 9.17) is 9.47 Å². The maximum Gasteiger partial charge on any atom is 0.313 e. The van der Waals surface area contributed by atoms with E-state index in [-0.39, 0.29) is 12.8 Å². The van der Waals surface area contributed by atoms with E-state index in [0.717, 1.165) is 39.1 Å². The van der Waals surface area contributed by atoms with Crippen LogP contribution in [0.5, 0.6) is 11.5 Å². The summed E-state index contributed by atoms with van der Waals surface area (Å²) < 4.78 is 10.6. The fourth-order valence-corrected chi connectivity index (χ4v) is 4.82. The molecule has 9 heteroatoms. The summed E-state index contributed by atoms with van der Waals surface area (Å²) in [6.07, 6.45) is 1.03. The molecule has 2 amide bonds. The van der Waals surface area contributed by atoms with Gasteiger partial charge in [-0.3, -0.25) is 14.5 Å². The number of carbonyl (C=O) groups is 2. The lowest BCUT2D eigenvalue weighted by Crippen LogP contribution is -2.49. The number of rotatable bonds is 5. The van der Waals surface area contributed by atoms with Crippen molar-refractivity contribution in [3.8, 4) is 11.5 Å². The lowest BCUT2D eigenvalue weighted by Gasteiger charge is -2.38. The fourth-order valence-electron chi connectivity index (χ4n) is 4.82. The Kier molecular flexibility index (Phi) is 6.30. The zero-order chi connectivity index (χ0) is 23.7. The minimum atomic E-state index is -0.702. The molecule has 2 N–H and O–H groups in total. The van der Waals surface area contributed by atoms with Crippen LogP contribution < -0.4 is 25.0 Å². The van der Waals surface area contributed by atoms with Gasteiger partial charge < -0.3 is 29.9 Å². The Morgan fingerprint density at radius 3 is 2.56 bits per heavy atom. The van der Waals surface area contributed by atoms with Crippen molar-refractivity contribution in [1.29, 1.82) is 0 Å². The number of ether oxygens (including phenoxy) is 2. The van der Waals surface area contributed by atoms with Gasteiger partial charge in [0.05, 0.1) is 6.04 Å².